The number of nitrogens with two attached hydrogens (primary N) is 1. The molecule has 7 nitrogen and oxygen atoms in total. The van der Waals surface area contributed by atoms with Crippen LogP contribution < -0.4 is 11.1 Å². The van der Waals surface area contributed by atoms with Gasteiger partial charge < -0.3 is 16.0 Å². The second kappa shape index (κ2) is 7.90. The summed E-state index contributed by atoms with van der Waals surface area (Å²) in [6.07, 6.45) is -0.879. The van der Waals surface area contributed by atoms with Crippen molar-refractivity contribution in [2.45, 2.75) is 37.4 Å². The van der Waals surface area contributed by atoms with Gasteiger partial charge in [0.25, 0.3) is 11.8 Å². The Morgan fingerprint density at radius 3 is 2.55 bits per heavy atom. The van der Waals surface area contributed by atoms with E-state index in [0.29, 0.717) is 10.6 Å². The van der Waals surface area contributed by atoms with Crippen LogP contribution in [0.5, 0.6) is 0 Å². The Balaban J connectivity index is 1.67. The van der Waals surface area contributed by atoms with Gasteiger partial charge in [0.2, 0.25) is 0 Å². The van der Waals surface area contributed by atoms with Crippen LogP contribution in [0.15, 0.2) is 18.2 Å². The van der Waals surface area contributed by atoms with Gasteiger partial charge in [0.05, 0.1) is 33.9 Å². The molecule has 4 rings (SSSR count). The fraction of sp³-hybridized carbons (Fsp3) is 0.421. The number of hydrogen-bond acceptors (Lipinski definition) is 3. The summed E-state index contributed by atoms with van der Waals surface area (Å²) in [4.78, 5) is 26.1. The molecule has 1 aromatic carbocycles. The molecule has 1 atom stereocenters. The van der Waals surface area contributed by atoms with Crippen molar-refractivity contribution in [1.29, 1.82) is 0 Å². The number of nitrogens with one attached hydrogen (secondary N) is 1. The normalized spacial score (nSPS) is 20.2. The van der Waals surface area contributed by atoms with Crippen molar-refractivity contribution in [1.82, 2.24) is 20.0 Å². The van der Waals surface area contributed by atoms with Crippen molar-refractivity contribution in [3.05, 3.63) is 39.5 Å². The molecule has 0 saturated heterocycles. The number of urea groups is 1. The minimum atomic E-state index is -2.78. The summed E-state index contributed by atoms with van der Waals surface area (Å²) in [7, 11) is 0. The van der Waals surface area contributed by atoms with Crippen molar-refractivity contribution in [3.63, 3.8) is 0 Å². The molecule has 2 heterocycles. The van der Waals surface area contributed by atoms with Gasteiger partial charge >= 0.3 is 6.03 Å². The molecule has 31 heavy (non-hydrogen) atoms. The number of nitrogens with zero attached hydrogens (tertiary/aromatic N) is 3. The predicted octanol–water partition coefficient (Wildman–Crippen LogP) is 3.79. The number of alkyl halides is 3. The number of aromatic nitrogens is 2. The molecule has 0 spiro atoms. The summed E-state index contributed by atoms with van der Waals surface area (Å²) in [5.74, 6) is -3.59. The molecule has 2 aromatic rings. The maximum atomic E-state index is 13.8. The molecule has 1 aromatic heterocycles. The summed E-state index contributed by atoms with van der Waals surface area (Å²) in [5.41, 5.74) is 6.53. The summed E-state index contributed by atoms with van der Waals surface area (Å²) < 4.78 is 41.3. The molecule has 1 fully saturated rings. The minimum absolute atomic E-state index is 0.0320. The monoisotopic (exact) mass is 475 g/mol. The number of primary amides is 1. The van der Waals surface area contributed by atoms with E-state index in [1.807, 2.05) is 0 Å². The van der Waals surface area contributed by atoms with Crippen LogP contribution in [0.3, 0.4) is 0 Å². The van der Waals surface area contributed by atoms with Gasteiger partial charge in [0.1, 0.15) is 12.4 Å². The van der Waals surface area contributed by atoms with E-state index in [9.17, 15) is 22.8 Å². The van der Waals surface area contributed by atoms with E-state index in [-0.39, 0.29) is 35.1 Å². The van der Waals surface area contributed by atoms with Crippen LogP contribution in [0, 0.1) is 0 Å². The highest BCUT2D eigenvalue weighted by molar-refractivity contribution is 6.42. The molecule has 3 amide bonds. The first kappa shape index (κ1) is 21.8. The third-order valence-corrected chi connectivity index (χ3v) is 6.19. The molecule has 166 valence electrons. The first-order chi connectivity index (χ1) is 14.6. The Morgan fingerprint density at radius 1 is 1.26 bits per heavy atom. The smallest absolute Gasteiger partial charge is 0.318 e. The third kappa shape index (κ3) is 4.06. The quantitative estimate of drug-likeness (QED) is 0.704. The number of halogens is 5. The lowest BCUT2D eigenvalue weighted by Gasteiger charge is -2.38. The summed E-state index contributed by atoms with van der Waals surface area (Å²) in [5, 5.41) is 7.45. The Kier molecular flexibility index (Phi) is 5.55. The van der Waals surface area contributed by atoms with Crippen molar-refractivity contribution >= 4 is 35.1 Å². The standard InChI is InChI=1S/C19H18Cl2F3N5O2/c20-12-2-1-9(3-13(12)21)16-15(17(25)30)14-8-28(7-11(6-22)29(14)27-16)18(31)26-10-4-19(23,24)5-10/h1-3,10-11H,4-8H2,(H2,25,30)(H,26,31)/t11-/m0/s1. The van der Waals surface area contributed by atoms with Gasteiger partial charge in [0.15, 0.2) is 0 Å². The molecule has 2 aliphatic rings. The van der Waals surface area contributed by atoms with E-state index in [1.165, 1.54) is 21.7 Å². The number of carbonyl (C=O) groups is 2. The van der Waals surface area contributed by atoms with Crippen molar-refractivity contribution in [3.8, 4) is 11.3 Å². The van der Waals surface area contributed by atoms with E-state index < -0.39 is 49.5 Å². The van der Waals surface area contributed by atoms with E-state index in [0.717, 1.165) is 0 Å². The summed E-state index contributed by atoms with van der Waals surface area (Å²) >= 11 is 12.0. The van der Waals surface area contributed by atoms with Gasteiger partial charge in [-0.1, -0.05) is 29.3 Å². The van der Waals surface area contributed by atoms with Crippen LogP contribution in [0.25, 0.3) is 11.3 Å². The largest absolute Gasteiger partial charge is 0.365 e. The maximum absolute atomic E-state index is 13.8. The molecule has 0 radical (unpaired) electrons. The Labute approximate surface area is 185 Å². The average molecular weight is 476 g/mol. The van der Waals surface area contributed by atoms with E-state index in [4.69, 9.17) is 28.9 Å². The fourth-order valence-electron chi connectivity index (χ4n) is 3.90. The lowest BCUT2D eigenvalue weighted by molar-refractivity contribution is -0.0904. The average Bonchev–Trinajstić information content (AvgIpc) is 3.07. The third-order valence-electron chi connectivity index (χ3n) is 5.45. The van der Waals surface area contributed by atoms with Gasteiger partial charge in [-0.25, -0.2) is 18.0 Å². The number of carbonyl (C=O) groups excluding carboxylic acids is 2. The SMILES string of the molecule is NC(=O)c1c(-c2ccc(Cl)c(Cl)c2)nn2c1CN(C(=O)NC1CC(F)(F)C1)C[C@@H]2CF. The van der Waals surface area contributed by atoms with Crippen LogP contribution >= 0.6 is 23.2 Å². The van der Waals surface area contributed by atoms with E-state index >= 15 is 0 Å². The van der Waals surface area contributed by atoms with Gasteiger partial charge in [-0.05, 0) is 12.1 Å². The second-order valence-corrected chi connectivity index (χ2v) is 8.52. The van der Waals surface area contributed by atoms with Crippen molar-refractivity contribution in [2.75, 3.05) is 13.2 Å². The highest BCUT2D eigenvalue weighted by Gasteiger charge is 2.46. The zero-order chi connectivity index (χ0) is 22.5. The molecule has 0 unspecified atom stereocenters. The van der Waals surface area contributed by atoms with Crippen molar-refractivity contribution < 1.29 is 22.8 Å². The number of amides is 3. The number of hydrogen-bond donors (Lipinski definition) is 2. The second-order valence-electron chi connectivity index (χ2n) is 7.71. The summed E-state index contributed by atoms with van der Waals surface area (Å²) in [6, 6.07) is 2.51. The van der Waals surface area contributed by atoms with Crippen LogP contribution in [0.1, 0.15) is 34.9 Å². The Bertz CT molecular complexity index is 1050. The topological polar surface area (TPSA) is 93.2 Å². The molecule has 1 aliphatic heterocycles. The van der Waals surface area contributed by atoms with Gasteiger partial charge in [-0.2, -0.15) is 5.10 Å². The van der Waals surface area contributed by atoms with Crippen molar-refractivity contribution in [2.24, 2.45) is 5.73 Å². The molecular weight excluding hydrogens is 458 g/mol. The molecular formula is C19H18Cl2F3N5O2. The Morgan fingerprint density at radius 2 is 1.97 bits per heavy atom. The van der Waals surface area contributed by atoms with Crippen LogP contribution in [0.2, 0.25) is 10.0 Å². The lowest BCUT2D eigenvalue weighted by atomic mass is 9.88. The van der Waals surface area contributed by atoms with Gasteiger partial charge in [-0.3, -0.25) is 9.48 Å². The molecule has 3 N–H and O–H groups in total. The van der Waals surface area contributed by atoms with Gasteiger partial charge in [0, 0.05) is 31.0 Å². The van der Waals surface area contributed by atoms with E-state index in [2.05, 4.69) is 10.4 Å². The zero-order valence-electron chi connectivity index (χ0n) is 16.0. The fourth-order valence-corrected chi connectivity index (χ4v) is 4.20. The first-order valence-corrected chi connectivity index (χ1v) is 10.2. The Hall–Kier alpha value is -2.46. The van der Waals surface area contributed by atoms with Crippen LogP contribution in [-0.4, -0.2) is 51.8 Å². The van der Waals surface area contributed by atoms with Gasteiger partial charge in [-0.15, -0.1) is 0 Å². The lowest BCUT2D eigenvalue weighted by Crippen LogP contribution is -2.55. The molecule has 0 bridgehead atoms. The van der Waals surface area contributed by atoms with Crippen LogP contribution in [0.4, 0.5) is 18.0 Å². The molecule has 12 heteroatoms. The maximum Gasteiger partial charge on any atom is 0.318 e. The zero-order valence-corrected chi connectivity index (χ0v) is 17.6. The highest BCUT2D eigenvalue weighted by atomic mass is 35.5. The van der Waals surface area contributed by atoms with Crippen LogP contribution in [-0.2, 0) is 6.54 Å². The first-order valence-electron chi connectivity index (χ1n) is 9.45. The number of fused-ring (bicyclic) bond motifs is 1. The number of rotatable bonds is 4. The molecule has 1 saturated carbocycles. The minimum Gasteiger partial charge on any atom is -0.365 e. The molecule has 1 aliphatic carbocycles. The summed E-state index contributed by atoms with van der Waals surface area (Å²) in [6.45, 7) is -0.990. The number of benzene rings is 1. The van der Waals surface area contributed by atoms with E-state index in [1.54, 1.807) is 6.07 Å². The highest BCUT2D eigenvalue weighted by Crippen LogP contribution is 2.38. The predicted molar refractivity (Wildman–Crippen MR) is 108 cm³/mol.